The molecule has 0 spiro atoms. The van der Waals surface area contributed by atoms with Crippen molar-refractivity contribution in [2.45, 2.75) is 69.4 Å². The van der Waals surface area contributed by atoms with Crippen molar-refractivity contribution >= 4 is 27.5 Å². The van der Waals surface area contributed by atoms with Crippen LogP contribution in [0.25, 0.3) is 5.65 Å². The average Bonchev–Trinajstić information content (AvgIpc) is 3.40. The first-order valence-corrected chi connectivity index (χ1v) is 15.8. The number of piperidine rings is 1. The zero-order chi connectivity index (χ0) is 31.3. The Morgan fingerprint density at radius 2 is 1.93 bits per heavy atom. The maximum Gasteiger partial charge on any atom is 0.304 e. The molecule has 5 heterocycles. The zero-order valence-electron chi connectivity index (χ0n) is 24.1. The van der Waals surface area contributed by atoms with Crippen LogP contribution in [0.2, 0.25) is 0 Å². The molecule has 44 heavy (non-hydrogen) atoms. The summed E-state index contributed by atoms with van der Waals surface area (Å²) in [6, 6.07) is 7.89. The van der Waals surface area contributed by atoms with Gasteiger partial charge in [0.05, 0.1) is 12.6 Å². The molecule has 2 aliphatic rings. The Hall–Kier alpha value is -4.04. The standard InChI is InChI=1S/C30H31F3N6O4S/c1-17-6-7-19(24(13-26(40)41)23-8-10-39-28(18(23)2)35-36-30(39)27(32)33)11-20(17)15-37-16-22-5-3-4-9-38(22)29-25(44(37,42)43)12-21(31)14-34-29/h6-8,10-12,14,22,24,27H,3-5,9,13,15-16H2,1-2H3,(H,40,41)/t22-,24+/m1/s1. The van der Waals surface area contributed by atoms with Crippen LogP contribution in [-0.4, -0.2) is 62.5 Å². The molecule has 0 radical (unpaired) electrons. The Morgan fingerprint density at radius 1 is 1.14 bits per heavy atom. The lowest BCUT2D eigenvalue weighted by Gasteiger charge is -2.36. The smallest absolute Gasteiger partial charge is 0.304 e. The molecule has 6 rings (SSSR count). The lowest BCUT2D eigenvalue weighted by molar-refractivity contribution is -0.137. The lowest BCUT2D eigenvalue weighted by Crippen LogP contribution is -2.45. The van der Waals surface area contributed by atoms with Crippen molar-refractivity contribution in [1.82, 2.24) is 23.9 Å². The minimum atomic E-state index is -4.14. The first kappa shape index (κ1) is 30.0. The molecule has 4 aromatic rings. The number of carbonyl (C=O) groups is 1. The van der Waals surface area contributed by atoms with Crippen LogP contribution >= 0.6 is 0 Å². The normalized spacial score (nSPS) is 19.0. The molecule has 1 aromatic carbocycles. The number of anilines is 1. The summed E-state index contributed by atoms with van der Waals surface area (Å²) >= 11 is 0. The highest BCUT2D eigenvalue weighted by molar-refractivity contribution is 7.89. The monoisotopic (exact) mass is 628 g/mol. The lowest BCUT2D eigenvalue weighted by atomic mass is 9.85. The second-order valence-corrected chi connectivity index (χ2v) is 13.3. The van der Waals surface area contributed by atoms with E-state index in [1.54, 1.807) is 25.1 Å². The molecular formula is C30H31F3N6O4S. The molecule has 1 saturated heterocycles. The highest BCUT2D eigenvalue weighted by atomic mass is 32.2. The van der Waals surface area contributed by atoms with Crippen molar-refractivity contribution in [2.24, 2.45) is 0 Å². The number of sulfonamides is 1. The quantitative estimate of drug-likeness (QED) is 0.304. The van der Waals surface area contributed by atoms with E-state index in [0.29, 0.717) is 28.8 Å². The van der Waals surface area contributed by atoms with E-state index < -0.39 is 40.0 Å². The Kier molecular flexibility index (Phi) is 7.82. The van der Waals surface area contributed by atoms with Crippen LogP contribution in [0.3, 0.4) is 0 Å². The minimum Gasteiger partial charge on any atom is -0.481 e. The van der Waals surface area contributed by atoms with Crippen molar-refractivity contribution in [3.63, 3.8) is 0 Å². The van der Waals surface area contributed by atoms with Gasteiger partial charge in [-0.25, -0.2) is 26.6 Å². The van der Waals surface area contributed by atoms with Crippen molar-refractivity contribution in [1.29, 1.82) is 0 Å². The van der Waals surface area contributed by atoms with Crippen LogP contribution in [0.4, 0.5) is 19.0 Å². The number of hydrogen-bond acceptors (Lipinski definition) is 7. The van der Waals surface area contributed by atoms with Gasteiger partial charge in [-0.2, -0.15) is 4.31 Å². The molecule has 2 aliphatic heterocycles. The van der Waals surface area contributed by atoms with Gasteiger partial charge >= 0.3 is 5.97 Å². The molecule has 232 valence electrons. The number of pyridine rings is 2. The molecule has 0 saturated carbocycles. The number of fused-ring (bicyclic) bond motifs is 4. The third kappa shape index (κ3) is 5.30. The molecule has 0 bridgehead atoms. The number of aliphatic carboxylic acids is 1. The molecule has 2 atom stereocenters. The van der Waals surface area contributed by atoms with Crippen LogP contribution in [0, 0.1) is 19.7 Å². The fourth-order valence-corrected chi connectivity index (χ4v) is 8.02. The van der Waals surface area contributed by atoms with Gasteiger partial charge in [-0.15, -0.1) is 10.2 Å². The van der Waals surface area contributed by atoms with Crippen LogP contribution in [0.5, 0.6) is 0 Å². The van der Waals surface area contributed by atoms with Gasteiger partial charge in [0.1, 0.15) is 16.5 Å². The summed E-state index contributed by atoms with van der Waals surface area (Å²) in [5.41, 5.74) is 3.38. The second kappa shape index (κ2) is 11.5. The predicted molar refractivity (Wildman–Crippen MR) is 155 cm³/mol. The SMILES string of the molecule is Cc1ccc([C@H](CC(=O)O)c2ccn3c(C(F)F)nnc3c2C)cc1CN1C[C@H]2CCCCN2c2ncc(F)cc2S1(=O)=O. The minimum absolute atomic E-state index is 0.0119. The maximum absolute atomic E-state index is 14.3. The summed E-state index contributed by atoms with van der Waals surface area (Å²) in [5, 5.41) is 17.4. The summed E-state index contributed by atoms with van der Waals surface area (Å²) in [6.45, 7) is 4.33. The number of aromatic nitrogens is 4. The molecule has 10 nitrogen and oxygen atoms in total. The first-order chi connectivity index (χ1) is 21.0. The fourth-order valence-electron chi connectivity index (χ4n) is 6.40. The van der Waals surface area contributed by atoms with E-state index in [2.05, 4.69) is 15.2 Å². The summed E-state index contributed by atoms with van der Waals surface area (Å²) in [7, 11) is -4.14. The number of rotatable bonds is 7. The number of aryl methyl sites for hydroxylation is 2. The summed E-state index contributed by atoms with van der Waals surface area (Å²) in [6.07, 6.45) is 1.90. The molecule has 1 fully saturated rings. The van der Waals surface area contributed by atoms with Gasteiger partial charge in [0, 0.05) is 37.8 Å². The number of hydrogen-bond donors (Lipinski definition) is 1. The van der Waals surface area contributed by atoms with Crippen molar-refractivity contribution in [3.8, 4) is 0 Å². The van der Waals surface area contributed by atoms with Crippen LogP contribution in [0.15, 0.2) is 47.6 Å². The van der Waals surface area contributed by atoms with Crippen molar-refractivity contribution in [2.75, 3.05) is 18.0 Å². The van der Waals surface area contributed by atoms with E-state index in [4.69, 9.17) is 0 Å². The molecule has 0 unspecified atom stereocenters. The number of nitrogens with zero attached hydrogens (tertiary/aromatic N) is 6. The average molecular weight is 629 g/mol. The Labute approximate surface area is 252 Å². The van der Waals surface area contributed by atoms with Crippen molar-refractivity contribution in [3.05, 3.63) is 82.2 Å². The summed E-state index contributed by atoms with van der Waals surface area (Å²) < 4.78 is 71.7. The topological polar surface area (TPSA) is 121 Å². The third-order valence-corrected chi connectivity index (χ3v) is 10.5. The maximum atomic E-state index is 14.3. The second-order valence-electron chi connectivity index (χ2n) is 11.4. The van der Waals surface area contributed by atoms with E-state index in [0.717, 1.165) is 37.1 Å². The molecular weight excluding hydrogens is 597 g/mol. The Bertz CT molecular complexity index is 1870. The van der Waals surface area contributed by atoms with E-state index >= 15 is 0 Å². The number of carboxylic acids is 1. The summed E-state index contributed by atoms with van der Waals surface area (Å²) in [5.74, 6) is -2.73. The number of benzene rings is 1. The molecule has 14 heteroatoms. The predicted octanol–water partition coefficient (Wildman–Crippen LogP) is 4.99. The highest BCUT2D eigenvalue weighted by Gasteiger charge is 2.40. The van der Waals surface area contributed by atoms with E-state index in [1.807, 2.05) is 17.9 Å². The molecule has 0 aliphatic carbocycles. The van der Waals surface area contributed by atoms with Crippen LogP contribution in [-0.2, 0) is 21.4 Å². The first-order valence-electron chi connectivity index (χ1n) is 14.3. The molecule has 0 amide bonds. The summed E-state index contributed by atoms with van der Waals surface area (Å²) in [4.78, 5) is 18.0. The van der Waals surface area contributed by atoms with Gasteiger partial charge in [-0.05, 0) is 73.1 Å². The molecule has 3 aromatic heterocycles. The number of alkyl halides is 2. The van der Waals surface area contributed by atoms with Gasteiger partial charge in [-0.1, -0.05) is 18.2 Å². The Morgan fingerprint density at radius 3 is 2.68 bits per heavy atom. The van der Waals surface area contributed by atoms with Crippen LogP contribution in [0.1, 0.15) is 71.7 Å². The van der Waals surface area contributed by atoms with Crippen LogP contribution < -0.4 is 4.90 Å². The largest absolute Gasteiger partial charge is 0.481 e. The third-order valence-electron chi connectivity index (χ3n) is 8.70. The van der Waals surface area contributed by atoms with Gasteiger partial charge in [0.2, 0.25) is 15.8 Å². The van der Waals surface area contributed by atoms with Crippen molar-refractivity contribution < 1.29 is 31.5 Å². The number of carboxylic acid groups (broad SMARTS) is 1. The fraction of sp³-hybridized carbons (Fsp3) is 0.400. The van der Waals surface area contributed by atoms with E-state index in [9.17, 15) is 31.5 Å². The molecule has 1 N–H and O–H groups in total. The van der Waals surface area contributed by atoms with Gasteiger partial charge < -0.3 is 10.0 Å². The zero-order valence-corrected chi connectivity index (χ0v) is 24.9. The number of halogens is 3. The van der Waals surface area contributed by atoms with Gasteiger partial charge in [0.15, 0.2) is 5.65 Å². The van der Waals surface area contributed by atoms with E-state index in [1.165, 1.54) is 14.9 Å². The van der Waals surface area contributed by atoms with E-state index in [-0.39, 0.29) is 41.9 Å². The van der Waals surface area contributed by atoms with Gasteiger partial charge in [0.25, 0.3) is 6.43 Å². The Balaban J connectivity index is 1.40. The highest BCUT2D eigenvalue weighted by Crippen LogP contribution is 2.38. The van der Waals surface area contributed by atoms with Gasteiger partial charge in [-0.3, -0.25) is 9.20 Å².